The number of fused-ring (bicyclic) bond motifs is 5. The van der Waals surface area contributed by atoms with Crippen molar-refractivity contribution in [3.05, 3.63) is 69.1 Å². The lowest BCUT2D eigenvalue weighted by atomic mass is 9.79. The third-order valence-corrected chi connectivity index (χ3v) is 6.19. The van der Waals surface area contributed by atoms with E-state index in [1.807, 2.05) is 34.9 Å². The third-order valence-electron chi connectivity index (χ3n) is 6.19. The van der Waals surface area contributed by atoms with Crippen LogP contribution in [0.15, 0.2) is 41.2 Å². The van der Waals surface area contributed by atoms with Crippen LogP contribution in [-0.4, -0.2) is 30.1 Å². The van der Waals surface area contributed by atoms with E-state index >= 15 is 0 Å². The highest BCUT2D eigenvalue weighted by Gasteiger charge is 2.37. The fraction of sp³-hybridized carbons (Fsp3) is 0.429. The first-order chi connectivity index (χ1) is 13.2. The van der Waals surface area contributed by atoms with Crippen molar-refractivity contribution >= 4 is 5.91 Å². The lowest BCUT2D eigenvalue weighted by Gasteiger charge is -2.43. The lowest BCUT2D eigenvalue weighted by Crippen LogP contribution is -2.50. The van der Waals surface area contributed by atoms with Gasteiger partial charge in [0.05, 0.1) is 19.3 Å². The van der Waals surface area contributed by atoms with E-state index in [1.54, 1.807) is 6.07 Å². The number of ether oxygens (including phenoxy) is 1. The van der Waals surface area contributed by atoms with Gasteiger partial charge in [-0.1, -0.05) is 18.2 Å². The van der Waals surface area contributed by atoms with E-state index in [0.717, 1.165) is 36.3 Å². The van der Waals surface area contributed by atoms with Crippen LogP contribution in [0.4, 0.5) is 0 Å². The molecule has 0 saturated carbocycles. The molecule has 6 nitrogen and oxygen atoms in total. The molecular weight excluding hydrogens is 342 g/mol. The van der Waals surface area contributed by atoms with Crippen molar-refractivity contribution in [2.45, 2.75) is 31.6 Å². The first-order valence-electron chi connectivity index (χ1n) is 9.61. The zero-order valence-corrected chi connectivity index (χ0v) is 15.1. The van der Waals surface area contributed by atoms with Crippen LogP contribution in [0.2, 0.25) is 0 Å². The molecule has 2 aromatic rings. The molecule has 5 rings (SSSR count). The van der Waals surface area contributed by atoms with Crippen LogP contribution >= 0.6 is 0 Å². The summed E-state index contributed by atoms with van der Waals surface area (Å²) < 4.78 is 7.40. The Balaban J connectivity index is 1.41. The molecule has 1 fully saturated rings. The smallest absolute Gasteiger partial charge is 0.251 e. The minimum absolute atomic E-state index is 0.0188. The summed E-state index contributed by atoms with van der Waals surface area (Å²) in [4.78, 5) is 25.4. The molecule has 0 aliphatic carbocycles. The monoisotopic (exact) mass is 365 g/mol. The number of carbonyl (C=O) groups excluding carboxylic acids is 1. The van der Waals surface area contributed by atoms with Crippen LogP contribution in [0.3, 0.4) is 0 Å². The summed E-state index contributed by atoms with van der Waals surface area (Å²) in [7, 11) is 0. The predicted molar refractivity (Wildman–Crippen MR) is 101 cm³/mol. The van der Waals surface area contributed by atoms with Gasteiger partial charge in [0.15, 0.2) is 0 Å². The maximum Gasteiger partial charge on any atom is 0.251 e. The molecule has 2 N–H and O–H groups in total. The van der Waals surface area contributed by atoms with E-state index in [1.165, 1.54) is 0 Å². The number of piperidine rings is 1. The molecule has 6 heteroatoms. The highest BCUT2D eigenvalue weighted by molar-refractivity contribution is 5.96. The van der Waals surface area contributed by atoms with Crippen LogP contribution in [0.25, 0.3) is 0 Å². The minimum atomic E-state index is -0.0891. The average molecular weight is 365 g/mol. The zero-order chi connectivity index (χ0) is 18.4. The quantitative estimate of drug-likeness (QED) is 0.866. The average Bonchev–Trinajstić information content (AvgIpc) is 3.17. The number of hydrogen-bond acceptors (Lipinski definition) is 4. The number of rotatable bonds is 3. The van der Waals surface area contributed by atoms with Gasteiger partial charge in [0.25, 0.3) is 11.5 Å². The Bertz CT molecular complexity index is 952. The Morgan fingerprint density at radius 3 is 3.00 bits per heavy atom. The molecule has 3 aliphatic rings. The molecule has 4 heterocycles. The van der Waals surface area contributed by atoms with E-state index < -0.39 is 0 Å². The van der Waals surface area contributed by atoms with Crippen LogP contribution < -0.4 is 16.2 Å². The summed E-state index contributed by atoms with van der Waals surface area (Å²) in [5.74, 6) is 0.634. The molecular formula is C21H23N3O3. The summed E-state index contributed by atoms with van der Waals surface area (Å²) >= 11 is 0. The molecule has 2 bridgehead atoms. The summed E-state index contributed by atoms with van der Waals surface area (Å²) in [6.07, 6.45) is 1.06. The zero-order valence-electron chi connectivity index (χ0n) is 15.1. The highest BCUT2D eigenvalue weighted by atomic mass is 16.5. The van der Waals surface area contributed by atoms with Crippen LogP contribution in [0.1, 0.15) is 45.6 Å². The van der Waals surface area contributed by atoms with E-state index in [4.69, 9.17) is 4.74 Å². The Kier molecular flexibility index (Phi) is 4.10. The van der Waals surface area contributed by atoms with Crippen LogP contribution in [0.5, 0.6) is 0 Å². The third kappa shape index (κ3) is 2.80. The number of nitrogens with zero attached hydrogens (tertiary/aromatic N) is 1. The van der Waals surface area contributed by atoms with Gasteiger partial charge in [0.1, 0.15) is 0 Å². The lowest BCUT2D eigenvalue weighted by molar-refractivity contribution is 0.0927. The number of pyridine rings is 1. The number of aromatic nitrogens is 1. The Morgan fingerprint density at radius 1 is 1.19 bits per heavy atom. The van der Waals surface area contributed by atoms with Crippen LogP contribution in [-0.2, 0) is 18.0 Å². The van der Waals surface area contributed by atoms with Crippen molar-refractivity contribution in [1.29, 1.82) is 0 Å². The van der Waals surface area contributed by atoms with Gasteiger partial charge >= 0.3 is 0 Å². The van der Waals surface area contributed by atoms with Crippen molar-refractivity contribution < 1.29 is 9.53 Å². The molecule has 3 atom stereocenters. The SMILES string of the molecule is O=C(NC[C@H]1[C@@H]2CNC[C@@H](C2)c2cccc(=O)n21)c1cccc2c1COC2. The fourth-order valence-corrected chi connectivity index (χ4v) is 4.88. The van der Waals surface area contributed by atoms with Crippen molar-refractivity contribution in [2.75, 3.05) is 19.6 Å². The van der Waals surface area contributed by atoms with Gasteiger partial charge in [-0.3, -0.25) is 9.59 Å². The molecule has 1 amide bonds. The Morgan fingerprint density at radius 2 is 2.07 bits per heavy atom. The number of benzene rings is 1. The second kappa shape index (κ2) is 6.62. The molecule has 27 heavy (non-hydrogen) atoms. The normalized spacial score (nSPS) is 25.6. The summed E-state index contributed by atoms with van der Waals surface area (Å²) in [5.41, 5.74) is 3.86. The van der Waals surface area contributed by atoms with Gasteiger partial charge in [-0.25, -0.2) is 0 Å². The fourth-order valence-electron chi connectivity index (χ4n) is 4.88. The van der Waals surface area contributed by atoms with Gasteiger partial charge in [0.2, 0.25) is 0 Å². The summed E-state index contributed by atoms with van der Waals surface area (Å²) in [5, 5.41) is 6.57. The Labute approximate surface area is 157 Å². The maximum atomic E-state index is 12.8. The van der Waals surface area contributed by atoms with Crippen LogP contribution in [0, 0.1) is 5.92 Å². The number of carbonyl (C=O) groups is 1. The predicted octanol–water partition coefficient (Wildman–Crippen LogP) is 1.56. The molecule has 3 aliphatic heterocycles. The van der Waals surface area contributed by atoms with Crippen molar-refractivity contribution in [1.82, 2.24) is 15.2 Å². The van der Waals surface area contributed by atoms with Gasteiger partial charge in [-0.15, -0.1) is 0 Å². The van der Waals surface area contributed by atoms with Gasteiger partial charge in [0, 0.05) is 42.9 Å². The first-order valence-corrected chi connectivity index (χ1v) is 9.61. The van der Waals surface area contributed by atoms with E-state index in [9.17, 15) is 9.59 Å². The minimum Gasteiger partial charge on any atom is -0.372 e. The van der Waals surface area contributed by atoms with E-state index in [0.29, 0.717) is 37.2 Å². The number of hydrogen-bond donors (Lipinski definition) is 2. The Hall–Kier alpha value is -2.44. The number of nitrogens with one attached hydrogen (secondary N) is 2. The molecule has 0 unspecified atom stereocenters. The maximum absolute atomic E-state index is 12.8. The van der Waals surface area contributed by atoms with Gasteiger partial charge < -0.3 is 19.9 Å². The second-order valence-corrected chi connectivity index (χ2v) is 7.72. The second-order valence-electron chi connectivity index (χ2n) is 7.72. The first kappa shape index (κ1) is 16.7. The van der Waals surface area contributed by atoms with Crippen molar-refractivity contribution in [3.63, 3.8) is 0 Å². The summed E-state index contributed by atoms with van der Waals surface area (Å²) in [6, 6.07) is 11.2. The van der Waals surface area contributed by atoms with E-state index in [2.05, 4.69) is 10.6 Å². The number of amides is 1. The topological polar surface area (TPSA) is 72.4 Å². The molecule has 1 saturated heterocycles. The molecule has 1 aromatic carbocycles. The molecule has 0 spiro atoms. The van der Waals surface area contributed by atoms with E-state index in [-0.39, 0.29) is 17.5 Å². The molecule has 1 aromatic heterocycles. The standard InChI is InChI=1S/C21H23N3O3/c25-20-6-2-5-18-14-7-15(9-22-8-14)19(24(18)20)10-23-21(26)16-4-1-3-13-11-27-12-17(13)16/h1-6,14-15,19,22H,7-12H2,(H,23,26)/t14-,15+,19+/m1/s1. The van der Waals surface area contributed by atoms with Gasteiger partial charge in [-0.05, 0) is 35.6 Å². The molecule has 0 radical (unpaired) electrons. The molecule has 140 valence electrons. The van der Waals surface area contributed by atoms with Crippen molar-refractivity contribution in [3.8, 4) is 0 Å². The van der Waals surface area contributed by atoms with Gasteiger partial charge in [-0.2, -0.15) is 0 Å². The summed E-state index contributed by atoms with van der Waals surface area (Å²) in [6.45, 7) is 3.30. The largest absolute Gasteiger partial charge is 0.372 e. The van der Waals surface area contributed by atoms with Crippen molar-refractivity contribution in [2.24, 2.45) is 5.92 Å². The highest BCUT2D eigenvalue weighted by Crippen LogP contribution is 2.38.